The van der Waals surface area contributed by atoms with Crippen LogP contribution < -0.4 is 4.74 Å². The van der Waals surface area contributed by atoms with Gasteiger partial charge in [-0.25, -0.2) is 0 Å². The maximum absolute atomic E-state index is 8.36. The molecule has 0 aliphatic carbocycles. The second-order valence-electron chi connectivity index (χ2n) is 2.86. The number of ether oxygens (including phenoxy) is 1. The Labute approximate surface area is 83.6 Å². The Morgan fingerprint density at radius 2 is 2.14 bits per heavy atom. The van der Waals surface area contributed by atoms with Crippen molar-refractivity contribution in [2.24, 2.45) is 0 Å². The van der Waals surface area contributed by atoms with Gasteiger partial charge in [-0.3, -0.25) is 9.78 Å². The molecular weight excluding hydrogens is 182 g/mol. The summed E-state index contributed by atoms with van der Waals surface area (Å²) >= 11 is 0. The molecule has 1 aromatic rings. The third-order valence-electron chi connectivity index (χ3n) is 1.32. The first-order valence-electron chi connectivity index (χ1n) is 4.28. The summed E-state index contributed by atoms with van der Waals surface area (Å²) in [6, 6.07) is 3.81. The normalized spacial score (nSPS) is 8.86. The summed E-state index contributed by atoms with van der Waals surface area (Å²) < 4.78 is 5.48. The SMILES string of the molecule is Cc1ncccc1OC(C)C.O=CO. The molecule has 0 spiro atoms. The van der Waals surface area contributed by atoms with E-state index in [0.717, 1.165) is 11.4 Å². The molecule has 0 bridgehead atoms. The molecule has 0 unspecified atom stereocenters. The first kappa shape index (κ1) is 12.4. The highest BCUT2D eigenvalue weighted by atomic mass is 16.5. The van der Waals surface area contributed by atoms with Crippen LogP contribution in [0.4, 0.5) is 0 Å². The van der Waals surface area contributed by atoms with Gasteiger partial charge in [-0.05, 0) is 32.9 Å². The van der Waals surface area contributed by atoms with E-state index in [1.165, 1.54) is 0 Å². The third kappa shape index (κ3) is 5.13. The summed E-state index contributed by atoms with van der Waals surface area (Å²) in [5, 5.41) is 6.89. The number of aryl methyl sites for hydroxylation is 1. The van der Waals surface area contributed by atoms with Gasteiger partial charge in [-0.1, -0.05) is 0 Å². The number of nitrogens with zero attached hydrogens (tertiary/aromatic N) is 1. The van der Waals surface area contributed by atoms with Crippen LogP contribution in [0.2, 0.25) is 0 Å². The van der Waals surface area contributed by atoms with Crippen LogP contribution in [0.1, 0.15) is 19.5 Å². The molecule has 0 aliphatic heterocycles. The summed E-state index contributed by atoms with van der Waals surface area (Å²) in [5.41, 5.74) is 0.946. The van der Waals surface area contributed by atoms with Crippen molar-refractivity contribution in [3.63, 3.8) is 0 Å². The Morgan fingerprint density at radius 1 is 1.57 bits per heavy atom. The first-order chi connectivity index (χ1) is 6.61. The summed E-state index contributed by atoms with van der Waals surface area (Å²) in [5.74, 6) is 0.877. The van der Waals surface area contributed by atoms with Crippen molar-refractivity contribution >= 4 is 6.47 Å². The minimum absolute atomic E-state index is 0.220. The quantitative estimate of drug-likeness (QED) is 0.735. The molecule has 0 saturated heterocycles. The molecule has 4 heteroatoms. The summed E-state index contributed by atoms with van der Waals surface area (Å²) in [6.07, 6.45) is 1.99. The van der Waals surface area contributed by atoms with Crippen molar-refractivity contribution in [1.29, 1.82) is 0 Å². The van der Waals surface area contributed by atoms with E-state index >= 15 is 0 Å². The van der Waals surface area contributed by atoms with E-state index in [4.69, 9.17) is 14.6 Å². The van der Waals surface area contributed by atoms with Crippen LogP contribution in [-0.2, 0) is 4.79 Å². The lowest BCUT2D eigenvalue weighted by Gasteiger charge is -2.10. The minimum atomic E-state index is -0.250. The van der Waals surface area contributed by atoms with Crippen LogP contribution in [0.15, 0.2) is 18.3 Å². The molecule has 1 heterocycles. The van der Waals surface area contributed by atoms with Crippen LogP contribution in [0.5, 0.6) is 5.75 Å². The van der Waals surface area contributed by atoms with Gasteiger partial charge in [0.15, 0.2) is 0 Å². The molecule has 1 aromatic heterocycles. The summed E-state index contributed by atoms with van der Waals surface area (Å²) in [4.78, 5) is 12.5. The van der Waals surface area contributed by atoms with Gasteiger partial charge in [0, 0.05) is 6.20 Å². The van der Waals surface area contributed by atoms with Gasteiger partial charge < -0.3 is 9.84 Å². The van der Waals surface area contributed by atoms with E-state index in [9.17, 15) is 0 Å². The van der Waals surface area contributed by atoms with Gasteiger partial charge >= 0.3 is 0 Å². The highest BCUT2D eigenvalue weighted by molar-refractivity contribution is 5.32. The molecule has 0 atom stereocenters. The van der Waals surface area contributed by atoms with E-state index in [0.29, 0.717) is 0 Å². The van der Waals surface area contributed by atoms with Gasteiger partial charge in [-0.2, -0.15) is 0 Å². The van der Waals surface area contributed by atoms with Crippen LogP contribution in [-0.4, -0.2) is 22.7 Å². The summed E-state index contributed by atoms with van der Waals surface area (Å²) in [7, 11) is 0. The molecule has 1 rings (SSSR count). The topological polar surface area (TPSA) is 59.4 Å². The number of carbonyl (C=O) groups is 1. The average Bonchev–Trinajstić information content (AvgIpc) is 2.09. The van der Waals surface area contributed by atoms with E-state index in [1.807, 2.05) is 32.9 Å². The number of hydrogen-bond acceptors (Lipinski definition) is 3. The van der Waals surface area contributed by atoms with Gasteiger partial charge in [-0.15, -0.1) is 0 Å². The molecule has 1 N–H and O–H groups in total. The van der Waals surface area contributed by atoms with Gasteiger partial charge in [0.2, 0.25) is 0 Å². The molecule has 0 fully saturated rings. The highest BCUT2D eigenvalue weighted by Crippen LogP contribution is 2.14. The largest absolute Gasteiger partial charge is 0.489 e. The Kier molecular flexibility index (Phi) is 6.11. The van der Waals surface area contributed by atoms with Crippen molar-refractivity contribution in [2.45, 2.75) is 26.9 Å². The fourth-order valence-electron chi connectivity index (χ4n) is 0.848. The number of aromatic nitrogens is 1. The number of rotatable bonds is 2. The lowest BCUT2D eigenvalue weighted by Crippen LogP contribution is -2.06. The highest BCUT2D eigenvalue weighted by Gasteiger charge is 1.99. The Hall–Kier alpha value is -1.58. The second kappa shape index (κ2) is 6.88. The Bertz CT molecular complexity index is 274. The van der Waals surface area contributed by atoms with E-state index in [2.05, 4.69) is 4.98 Å². The zero-order valence-corrected chi connectivity index (χ0v) is 8.60. The van der Waals surface area contributed by atoms with Gasteiger partial charge in [0.1, 0.15) is 5.75 Å². The monoisotopic (exact) mass is 197 g/mol. The molecule has 0 radical (unpaired) electrons. The van der Waals surface area contributed by atoms with Crippen LogP contribution in [0.3, 0.4) is 0 Å². The molecule has 78 valence electrons. The molecule has 0 aromatic carbocycles. The lowest BCUT2D eigenvalue weighted by atomic mass is 10.3. The predicted molar refractivity (Wildman–Crippen MR) is 53.4 cm³/mol. The molecular formula is C10H15NO3. The zero-order chi connectivity index (χ0) is 11.0. The van der Waals surface area contributed by atoms with Crippen LogP contribution >= 0.6 is 0 Å². The van der Waals surface area contributed by atoms with Crippen LogP contribution in [0.25, 0.3) is 0 Å². The Morgan fingerprint density at radius 3 is 2.57 bits per heavy atom. The van der Waals surface area contributed by atoms with Crippen molar-refractivity contribution in [1.82, 2.24) is 4.98 Å². The first-order valence-corrected chi connectivity index (χ1v) is 4.28. The number of pyridine rings is 1. The predicted octanol–water partition coefficient (Wildman–Crippen LogP) is 1.88. The van der Waals surface area contributed by atoms with Crippen molar-refractivity contribution in [2.75, 3.05) is 0 Å². The maximum atomic E-state index is 8.36. The fourth-order valence-corrected chi connectivity index (χ4v) is 0.848. The van der Waals surface area contributed by atoms with Crippen LogP contribution in [0, 0.1) is 6.92 Å². The molecule has 0 aliphatic rings. The maximum Gasteiger partial charge on any atom is 0.290 e. The second-order valence-corrected chi connectivity index (χ2v) is 2.86. The molecule has 4 nitrogen and oxygen atoms in total. The standard InChI is InChI=1S/C9H13NO.CH2O2/c1-7(2)11-9-5-4-6-10-8(9)3;2-1-3/h4-7H,1-3H3;1H,(H,2,3). The van der Waals surface area contributed by atoms with E-state index in [-0.39, 0.29) is 12.6 Å². The molecule has 14 heavy (non-hydrogen) atoms. The van der Waals surface area contributed by atoms with E-state index in [1.54, 1.807) is 6.20 Å². The van der Waals surface area contributed by atoms with Crippen molar-refractivity contribution < 1.29 is 14.6 Å². The lowest BCUT2D eigenvalue weighted by molar-refractivity contribution is -0.122. The smallest absolute Gasteiger partial charge is 0.290 e. The number of hydrogen-bond donors (Lipinski definition) is 1. The number of carboxylic acid groups (broad SMARTS) is 1. The fraction of sp³-hybridized carbons (Fsp3) is 0.400. The van der Waals surface area contributed by atoms with Crippen molar-refractivity contribution in [3.05, 3.63) is 24.0 Å². The summed E-state index contributed by atoms with van der Waals surface area (Å²) in [6.45, 7) is 5.70. The van der Waals surface area contributed by atoms with E-state index < -0.39 is 0 Å². The minimum Gasteiger partial charge on any atom is -0.489 e. The molecule has 0 saturated carbocycles. The molecule has 0 amide bonds. The zero-order valence-electron chi connectivity index (χ0n) is 8.60. The van der Waals surface area contributed by atoms with Gasteiger partial charge in [0.05, 0.1) is 11.8 Å². The third-order valence-corrected chi connectivity index (χ3v) is 1.32. The van der Waals surface area contributed by atoms with Gasteiger partial charge in [0.25, 0.3) is 6.47 Å². The average molecular weight is 197 g/mol. The van der Waals surface area contributed by atoms with Crippen molar-refractivity contribution in [3.8, 4) is 5.75 Å². The Balaban J connectivity index is 0.000000500.